The largest absolute Gasteiger partial charge is 0.496 e. The number of rotatable bonds is 2. The third kappa shape index (κ3) is 2.50. The lowest BCUT2D eigenvalue weighted by Crippen LogP contribution is -2.25. The van der Waals surface area contributed by atoms with E-state index in [1.165, 1.54) is 18.0 Å². The number of benzene rings is 1. The molecule has 0 spiro atoms. The van der Waals surface area contributed by atoms with Gasteiger partial charge in [0.15, 0.2) is 23.2 Å². The fourth-order valence-electron chi connectivity index (χ4n) is 5.45. The van der Waals surface area contributed by atoms with Crippen LogP contribution in [0.5, 0.6) is 11.5 Å². The maximum absolute atomic E-state index is 12.7. The van der Waals surface area contributed by atoms with Gasteiger partial charge in [0.1, 0.15) is 35.1 Å². The molecule has 0 radical (unpaired) electrons. The number of nitrogens with zero attached hydrogens (tertiary/aromatic N) is 3. The van der Waals surface area contributed by atoms with Crippen molar-refractivity contribution in [3.63, 3.8) is 0 Å². The van der Waals surface area contributed by atoms with E-state index in [0.717, 1.165) is 0 Å². The van der Waals surface area contributed by atoms with Gasteiger partial charge in [0.25, 0.3) is 5.56 Å². The van der Waals surface area contributed by atoms with Crippen molar-refractivity contribution < 1.29 is 28.5 Å². The predicted molar refractivity (Wildman–Crippen MR) is 118 cm³/mol. The summed E-state index contributed by atoms with van der Waals surface area (Å²) in [5, 5.41) is 11.9. The first-order chi connectivity index (χ1) is 16.9. The summed E-state index contributed by atoms with van der Waals surface area (Å²) in [5.41, 5.74) is 5.69. The number of aliphatic hydroxyl groups is 1. The molecule has 7 rings (SSSR count). The Kier molecular flexibility index (Phi) is 3.85. The Morgan fingerprint density at radius 1 is 1.29 bits per heavy atom. The topological polar surface area (TPSA) is 185 Å². The molecule has 4 aromatic rings. The summed E-state index contributed by atoms with van der Waals surface area (Å²) in [4.78, 5) is 48.1. The third-order valence-electron chi connectivity index (χ3n) is 6.88. The number of aliphatic hydroxyl groups excluding tert-OH is 1. The lowest BCUT2D eigenvalue weighted by molar-refractivity contribution is -0.103. The molecule has 0 bridgehead atoms. The molecule has 1 saturated heterocycles. The van der Waals surface area contributed by atoms with Gasteiger partial charge in [-0.05, 0) is 12.0 Å². The van der Waals surface area contributed by atoms with Crippen LogP contribution in [0.4, 0.5) is 5.95 Å². The van der Waals surface area contributed by atoms with Crippen molar-refractivity contribution in [1.29, 1.82) is 0 Å². The number of aromatic nitrogens is 4. The molecular formula is C22H17N5O8. The lowest BCUT2D eigenvalue weighted by atomic mass is 9.91. The quantitative estimate of drug-likeness (QED) is 0.264. The Bertz CT molecular complexity index is 1720. The first-order valence-electron chi connectivity index (χ1n) is 10.8. The fourth-order valence-corrected chi connectivity index (χ4v) is 5.45. The molecule has 13 nitrogen and oxygen atoms in total. The van der Waals surface area contributed by atoms with Crippen LogP contribution in [0.1, 0.15) is 40.1 Å². The second kappa shape index (κ2) is 6.67. The number of H-pyrrole nitrogens is 1. The van der Waals surface area contributed by atoms with Crippen molar-refractivity contribution in [2.75, 3.05) is 12.8 Å². The monoisotopic (exact) mass is 482 g/mol. The van der Waals surface area contributed by atoms with Gasteiger partial charge in [0.05, 0.1) is 24.0 Å². The van der Waals surface area contributed by atoms with Crippen molar-refractivity contribution >= 4 is 33.9 Å². The van der Waals surface area contributed by atoms with Gasteiger partial charge >= 0.3 is 5.63 Å². The molecule has 3 aromatic heterocycles. The van der Waals surface area contributed by atoms with E-state index < -0.39 is 35.7 Å². The number of nitrogens with two attached hydrogens (primary N) is 1. The summed E-state index contributed by atoms with van der Waals surface area (Å²) in [6, 6.07) is 1.63. The Labute approximate surface area is 194 Å². The maximum atomic E-state index is 12.7. The van der Waals surface area contributed by atoms with E-state index in [0.29, 0.717) is 34.4 Å². The zero-order valence-corrected chi connectivity index (χ0v) is 18.1. The molecule has 13 heteroatoms. The molecule has 0 unspecified atom stereocenters. The van der Waals surface area contributed by atoms with Crippen LogP contribution in [0.3, 0.4) is 0 Å². The highest BCUT2D eigenvalue weighted by molar-refractivity contribution is 6.06. The number of aromatic amines is 1. The number of nitrogens with one attached hydrogen (secondary N) is 1. The van der Waals surface area contributed by atoms with Gasteiger partial charge in [-0.1, -0.05) is 0 Å². The summed E-state index contributed by atoms with van der Waals surface area (Å²) in [7, 11) is 1.47. The van der Waals surface area contributed by atoms with Gasteiger partial charge in [-0.3, -0.25) is 19.1 Å². The highest BCUT2D eigenvalue weighted by atomic mass is 16.7. The van der Waals surface area contributed by atoms with E-state index in [9.17, 15) is 19.5 Å². The number of nitrogen functional groups attached to an aromatic ring is 1. The first kappa shape index (κ1) is 20.2. The fraction of sp³-hybridized carbons (Fsp3) is 0.318. The molecule has 4 atom stereocenters. The normalized spacial score (nSPS) is 24.6. The van der Waals surface area contributed by atoms with Crippen LogP contribution in [-0.2, 0) is 11.2 Å². The summed E-state index contributed by atoms with van der Waals surface area (Å²) in [6.45, 7) is 0. The average Bonchev–Trinajstić information content (AvgIpc) is 3.56. The van der Waals surface area contributed by atoms with Gasteiger partial charge in [-0.15, -0.1) is 0 Å². The second-order valence-corrected chi connectivity index (χ2v) is 8.67. The van der Waals surface area contributed by atoms with Gasteiger partial charge in [0, 0.05) is 12.5 Å². The van der Waals surface area contributed by atoms with Crippen LogP contribution in [0.2, 0.25) is 0 Å². The number of fused-ring (bicyclic) bond motifs is 8. The molecule has 5 heterocycles. The number of anilines is 1. The van der Waals surface area contributed by atoms with E-state index in [-0.39, 0.29) is 40.5 Å². The number of methoxy groups -OCH3 is 1. The molecule has 4 N–H and O–H groups in total. The van der Waals surface area contributed by atoms with Crippen LogP contribution < -0.4 is 26.4 Å². The maximum Gasteiger partial charge on any atom is 0.347 e. The van der Waals surface area contributed by atoms with Crippen molar-refractivity contribution in [2.24, 2.45) is 0 Å². The average molecular weight is 482 g/mol. The minimum absolute atomic E-state index is 0.0307. The number of Topliss-reactive ketones (excluding diaryl/α,β-unsaturated/α-hetero) is 1. The lowest BCUT2D eigenvalue weighted by Gasteiger charge is -2.20. The van der Waals surface area contributed by atoms with E-state index in [1.807, 2.05) is 0 Å². The number of carbonyl (C=O) groups excluding carboxylic acids is 1. The van der Waals surface area contributed by atoms with Crippen molar-refractivity contribution in [3.8, 4) is 11.5 Å². The predicted octanol–water partition coefficient (Wildman–Crippen LogP) is 0.338. The summed E-state index contributed by atoms with van der Waals surface area (Å²) < 4.78 is 24.5. The molecule has 2 aliphatic heterocycles. The van der Waals surface area contributed by atoms with Gasteiger partial charge in [-0.2, -0.15) is 4.98 Å². The van der Waals surface area contributed by atoms with Crippen molar-refractivity contribution in [2.45, 2.75) is 37.4 Å². The molecule has 1 aliphatic carbocycles. The zero-order valence-electron chi connectivity index (χ0n) is 18.1. The van der Waals surface area contributed by atoms with E-state index in [2.05, 4.69) is 15.0 Å². The van der Waals surface area contributed by atoms with Crippen molar-refractivity contribution in [3.05, 3.63) is 49.9 Å². The van der Waals surface area contributed by atoms with Crippen LogP contribution in [-0.4, -0.2) is 49.9 Å². The van der Waals surface area contributed by atoms with Crippen LogP contribution in [0, 0.1) is 0 Å². The van der Waals surface area contributed by atoms with Crippen molar-refractivity contribution in [1.82, 2.24) is 19.5 Å². The Morgan fingerprint density at radius 2 is 2.11 bits per heavy atom. The number of ketones is 1. The Morgan fingerprint density at radius 3 is 2.91 bits per heavy atom. The number of hydrogen-bond acceptors (Lipinski definition) is 11. The smallest absolute Gasteiger partial charge is 0.347 e. The highest BCUT2D eigenvalue weighted by Crippen LogP contribution is 2.54. The third-order valence-corrected chi connectivity index (χ3v) is 6.88. The summed E-state index contributed by atoms with van der Waals surface area (Å²) >= 11 is 0. The minimum Gasteiger partial charge on any atom is -0.496 e. The summed E-state index contributed by atoms with van der Waals surface area (Å²) in [5.74, 6) is -0.411. The van der Waals surface area contributed by atoms with E-state index in [1.54, 1.807) is 6.07 Å². The van der Waals surface area contributed by atoms with E-state index >= 15 is 0 Å². The highest BCUT2D eigenvalue weighted by Gasteiger charge is 2.54. The second-order valence-electron chi connectivity index (χ2n) is 8.67. The van der Waals surface area contributed by atoms with E-state index in [4.69, 9.17) is 24.4 Å². The number of hydrogen-bond donors (Lipinski definition) is 3. The number of imidazole rings is 1. The first-order valence-corrected chi connectivity index (χ1v) is 10.8. The minimum atomic E-state index is -1.22. The molecule has 3 aliphatic rings. The van der Waals surface area contributed by atoms with Crippen LogP contribution in [0.15, 0.2) is 26.4 Å². The van der Waals surface area contributed by atoms with Crippen LogP contribution in [0.25, 0.3) is 22.1 Å². The molecule has 0 saturated carbocycles. The van der Waals surface area contributed by atoms with Crippen LogP contribution >= 0.6 is 0 Å². The molecule has 1 fully saturated rings. The van der Waals surface area contributed by atoms with Gasteiger partial charge in [0.2, 0.25) is 12.2 Å². The number of aryl methyl sites for hydroxylation is 1. The zero-order chi connectivity index (χ0) is 24.2. The van der Waals surface area contributed by atoms with Gasteiger partial charge in [-0.25, -0.2) is 9.78 Å². The molecule has 35 heavy (non-hydrogen) atoms. The molecule has 0 amide bonds. The summed E-state index contributed by atoms with van der Waals surface area (Å²) in [6.07, 6.45) is -1.30. The Hall–Kier alpha value is -4.23. The molecule has 1 aromatic carbocycles. The van der Waals surface area contributed by atoms with Gasteiger partial charge < -0.3 is 29.5 Å². The molecular weight excluding hydrogens is 465 g/mol. The number of carbonyl (C=O) groups is 1. The number of ether oxygens (including phenoxy) is 3. The SMILES string of the molecule is COc1cc2c(c3oc(=O)c4c(c13)CCC4=O)[C@@H]1[C@H](O2)O[C@H](n2cnc3n[13c]([15NH2])[15nH]c(=O)c32)[C@H]1O. The molecule has 178 valence electrons. The standard InChI is InChI=1S/C22H17N5O8/c1-32-8-4-9-12(16-11(8)6-2-3-7(28)10(6)20(31)34-16)13-15(29)19(35-21(13)33-9)27-5-24-17-14(27)18(30)26-22(23)25-17/h4-5,13,15,19,21,29H,2-3H2,1H3,(H3,23,25,26,30)/t13-,15-,19-,21+/m0/s1/i22+1,23+1,26+1. The Balaban J connectivity index is 1.41.